The van der Waals surface area contributed by atoms with Gasteiger partial charge in [0.2, 0.25) is 0 Å². The highest BCUT2D eigenvalue weighted by molar-refractivity contribution is 6.10. The van der Waals surface area contributed by atoms with E-state index in [1.165, 1.54) is 18.4 Å². The zero-order valence-electron chi connectivity index (χ0n) is 14.8. The maximum Gasteiger partial charge on any atom is 0.291 e. The van der Waals surface area contributed by atoms with E-state index >= 15 is 0 Å². The van der Waals surface area contributed by atoms with Crippen molar-refractivity contribution < 1.29 is 9.21 Å². The molecule has 1 heterocycles. The van der Waals surface area contributed by atoms with Crippen molar-refractivity contribution in [3.05, 3.63) is 78.1 Å². The average Bonchev–Trinajstić information content (AvgIpc) is 3.12. The summed E-state index contributed by atoms with van der Waals surface area (Å²) in [7, 11) is 0. The maximum atomic E-state index is 12.6. The summed E-state index contributed by atoms with van der Waals surface area (Å²) < 4.78 is 5.77. The van der Waals surface area contributed by atoms with Crippen LogP contribution in [0.2, 0.25) is 0 Å². The molecule has 0 atom stereocenters. The number of fused-ring (bicyclic) bond motifs is 3. The van der Waals surface area contributed by atoms with Crippen molar-refractivity contribution in [2.24, 2.45) is 0 Å². The molecule has 0 unspecified atom stereocenters. The minimum Gasteiger partial charge on any atom is -0.451 e. The number of rotatable bonds is 5. The minimum absolute atomic E-state index is 0.230. The van der Waals surface area contributed by atoms with Gasteiger partial charge < -0.3 is 9.73 Å². The molecule has 3 nitrogen and oxygen atoms in total. The van der Waals surface area contributed by atoms with Gasteiger partial charge in [0.25, 0.3) is 5.91 Å². The first kappa shape index (κ1) is 16.4. The summed E-state index contributed by atoms with van der Waals surface area (Å²) in [6.07, 6.45) is 3.43. The molecule has 3 aromatic carbocycles. The lowest BCUT2D eigenvalue weighted by atomic mass is 10.1. The van der Waals surface area contributed by atoms with Crippen molar-refractivity contribution in [1.82, 2.24) is 0 Å². The number of carbonyl (C=O) groups is 1. The van der Waals surface area contributed by atoms with Gasteiger partial charge in [0, 0.05) is 11.1 Å². The van der Waals surface area contributed by atoms with Crippen LogP contribution in [0.4, 0.5) is 5.69 Å². The molecule has 130 valence electrons. The first-order valence-electron chi connectivity index (χ1n) is 9.06. The Labute approximate surface area is 152 Å². The van der Waals surface area contributed by atoms with Crippen LogP contribution in [0.1, 0.15) is 35.9 Å². The number of anilines is 1. The number of amides is 1. The topological polar surface area (TPSA) is 42.2 Å². The van der Waals surface area contributed by atoms with Crippen LogP contribution in [0.3, 0.4) is 0 Å². The number of aryl methyl sites for hydroxylation is 1. The Bertz CT molecular complexity index is 1060. The summed E-state index contributed by atoms with van der Waals surface area (Å²) in [5.41, 5.74) is 2.80. The third-order valence-electron chi connectivity index (χ3n) is 4.68. The van der Waals surface area contributed by atoms with Gasteiger partial charge in [-0.15, -0.1) is 0 Å². The minimum atomic E-state index is -0.230. The highest BCUT2D eigenvalue weighted by Gasteiger charge is 2.14. The molecule has 0 aliphatic carbocycles. The highest BCUT2D eigenvalue weighted by atomic mass is 16.3. The molecule has 26 heavy (non-hydrogen) atoms. The number of nitrogens with one attached hydrogen (secondary N) is 1. The van der Waals surface area contributed by atoms with Crippen molar-refractivity contribution in [2.45, 2.75) is 26.2 Å². The lowest BCUT2D eigenvalue weighted by Crippen LogP contribution is -2.10. The Morgan fingerprint density at radius 3 is 2.58 bits per heavy atom. The molecule has 3 heteroatoms. The third-order valence-corrected chi connectivity index (χ3v) is 4.68. The highest BCUT2D eigenvalue weighted by Crippen LogP contribution is 2.28. The van der Waals surface area contributed by atoms with Gasteiger partial charge in [0.1, 0.15) is 5.58 Å². The van der Waals surface area contributed by atoms with E-state index in [1.54, 1.807) is 0 Å². The molecule has 0 radical (unpaired) electrons. The van der Waals surface area contributed by atoms with Crippen LogP contribution in [0.15, 0.2) is 71.1 Å². The fraction of sp³-hybridized carbons (Fsp3) is 0.174. The van der Waals surface area contributed by atoms with Crippen LogP contribution in [0.25, 0.3) is 21.7 Å². The van der Waals surface area contributed by atoms with Crippen molar-refractivity contribution >= 4 is 33.3 Å². The van der Waals surface area contributed by atoms with Gasteiger partial charge in [0.05, 0.1) is 0 Å². The van der Waals surface area contributed by atoms with E-state index in [9.17, 15) is 4.79 Å². The molecular weight excluding hydrogens is 322 g/mol. The monoisotopic (exact) mass is 343 g/mol. The summed E-state index contributed by atoms with van der Waals surface area (Å²) in [5.74, 6) is 0.0954. The second kappa shape index (κ2) is 7.04. The summed E-state index contributed by atoms with van der Waals surface area (Å²) >= 11 is 0. The molecule has 1 amide bonds. The number of unbranched alkanes of at least 4 members (excludes halogenated alkanes) is 1. The number of benzene rings is 3. The Morgan fingerprint density at radius 2 is 1.77 bits per heavy atom. The molecule has 0 bridgehead atoms. The van der Waals surface area contributed by atoms with Crippen molar-refractivity contribution in [1.29, 1.82) is 0 Å². The molecule has 0 saturated carbocycles. The third kappa shape index (κ3) is 3.21. The second-order valence-corrected chi connectivity index (χ2v) is 6.56. The SMILES string of the molecule is CCCCc1ccc(NC(=O)c2cc3c(ccc4ccccc43)o2)cc1. The quantitative estimate of drug-likeness (QED) is 0.470. The lowest BCUT2D eigenvalue weighted by molar-refractivity contribution is 0.0998. The molecule has 0 aliphatic rings. The fourth-order valence-electron chi connectivity index (χ4n) is 3.23. The predicted octanol–water partition coefficient (Wildman–Crippen LogP) is 6.18. The lowest BCUT2D eigenvalue weighted by Gasteiger charge is -2.05. The second-order valence-electron chi connectivity index (χ2n) is 6.56. The van der Waals surface area contributed by atoms with Crippen molar-refractivity contribution in [3.63, 3.8) is 0 Å². The van der Waals surface area contributed by atoms with Crippen molar-refractivity contribution in [3.8, 4) is 0 Å². The average molecular weight is 343 g/mol. The standard InChI is InChI=1S/C23H21NO2/c1-2-3-6-16-9-12-18(13-10-16)24-23(25)22-15-20-19-8-5-4-7-17(19)11-14-21(20)26-22/h4-5,7-15H,2-3,6H2,1H3,(H,24,25). The Hall–Kier alpha value is -3.07. The largest absolute Gasteiger partial charge is 0.451 e. The van der Waals surface area contributed by atoms with E-state index in [0.29, 0.717) is 5.76 Å². The zero-order chi connectivity index (χ0) is 17.9. The van der Waals surface area contributed by atoms with Gasteiger partial charge in [-0.1, -0.05) is 55.8 Å². The van der Waals surface area contributed by atoms with Gasteiger partial charge in [-0.3, -0.25) is 4.79 Å². The van der Waals surface area contributed by atoms with Gasteiger partial charge in [-0.05, 0) is 53.4 Å². The van der Waals surface area contributed by atoms with Crippen LogP contribution in [0, 0.1) is 0 Å². The fourth-order valence-corrected chi connectivity index (χ4v) is 3.23. The first-order chi connectivity index (χ1) is 12.7. The maximum absolute atomic E-state index is 12.6. The van der Waals surface area contributed by atoms with Crippen molar-refractivity contribution in [2.75, 3.05) is 5.32 Å². The van der Waals surface area contributed by atoms with Crippen LogP contribution in [-0.4, -0.2) is 5.91 Å². The Balaban J connectivity index is 1.57. The van der Waals surface area contributed by atoms with E-state index in [2.05, 4.69) is 30.4 Å². The van der Waals surface area contributed by atoms with E-state index in [1.807, 2.05) is 48.5 Å². The molecule has 0 spiro atoms. The van der Waals surface area contributed by atoms with E-state index in [0.717, 1.165) is 33.8 Å². The van der Waals surface area contributed by atoms with Gasteiger partial charge >= 0.3 is 0 Å². The van der Waals surface area contributed by atoms with Gasteiger partial charge in [-0.2, -0.15) is 0 Å². The van der Waals surface area contributed by atoms with E-state index in [-0.39, 0.29) is 5.91 Å². The Kier molecular flexibility index (Phi) is 4.44. The van der Waals surface area contributed by atoms with E-state index < -0.39 is 0 Å². The van der Waals surface area contributed by atoms with Gasteiger partial charge in [-0.25, -0.2) is 0 Å². The van der Waals surface area contributed by atoms with Crippen LogP contribution < -0.4 is 5.32 Å². The number of carbonyl (C=O) groups excluding carboxylic acids is 1. The van der Waals surface area contributed by atoms with Crippen LogP contribution >= 0.6 is 0 Å². The zero-order valence-corrected chi connectivity index (χ0v) is 14.8. The van der Waals surface area contributed by atoms with E-state index in [4.69, 9.17) is 4.42 Å². The van der Waals surface area contributed by atoms with Crippen LogP contribution in [0.5, 0.6) is 0 Å². The molecule has 0 saturated heterocycles. The predicted molar refractivity (Wildman–Crippen MR) is 107 cm³/mol. The normalized spacial score (nSPS) is 11.1. The Morgan fingerprint density at radius 1 is 0.962 bits per heavy atom. The molecule has 1 aromatic heterocycles. The summed E-state index contributed by atoms with van der Waals surface area (Å²) in [5, 5.41) is 6.10. The number of furan rings is 1. The summed E-state index contributed by atoms with van der Waals surface area (Å²) in [6, 6.07) is 21.9. The number of hydrogen-bond donors (Lipinski definition) is 1. The number of hydrogen-bond acceptors (Lipinski definition) is 2. The molecule has 4 rings (SSSR count). The van der Waals surface area contributed by atoms with Crippen LogP contribution in [-0.2, 0) is 6.42 Å². The summed E-state index contributed by atoms with van der Waals surface area (Å²) in [4.78, 5) is 12.6. The molecular formula is C23H21NO2. The van der Waals surface area contributed by atoms with Gasteiger partial charge in [0.15, 0.2) is 5.76 Å². The first-order valence-corrected chi connectivity index (χ1v) is 9.06. The smallest absolute Gasteiger partial charge is 0.291 e. The molecule has 0 fully saturated rings. The molecule has 1 N–H and O–H groups in total. The summed E-state index contributed by atoms with van der Waals surface area (Å²) in [6.45, 7) is 2.19. The molecule has 0 aliphatic heterocycles. The molecule has 4 aromatic rings.